The van der Waals surface area contributed by atoms with Gasteiger partial charge in [-0.25, -0.2) is 4.79 Å². The highest BCUT2D eigenvalue weighted by Crippen LogP contribution is 2.19. The number of halogens is 1. The summed E-state index contributed by atoms with van der Waals surface area (Å²) in [4.78, 5) is 15.9. The Balaban J connectivity index is 1.81. The number of ether oxygens (including phenoxy) is 1. The summed E-state index contributed by atoms with van der Waals surface area (Å²) in [5.41, 5.74) is 0.337. The van der Waals surface area contributed by atoms with E-state index in [2.05, 4.69) is 4.90 Å². The van der Waals surface area contributed by atoms with Crippen LogP contribution in [0, 0.1) is 0 Å². The quantitative estimate of drug-likeness (QED) is 0.919. The Morgan fingerprint density at radius 3 is 2.52 bits per heavy atom. The SMILES string of the molecule is CC(C)(C)OC(=O)N1CCN(C[C@H](O)c2cccc(Cl)c2)CC1. The van der Waals surface area contributed by atoms with Crippen LogP contribution in [0.15, 0.2) is 24.3 Å². The fourth-order valence-corrected chi connectivity index (χ4v) is 2.70. The third-order valence-corrected chi connectivity index (χ3v) is 3.92. The monoisotopic (exact) mass is 340 g/mol. The standard InChI is InChI=1S/C17H25ClN2O3/c1-17(2,3)23-16(22)20-9-7-19(8-10-20)12-15(21)13-5-4-6-14(18)11-13/h4-6,11,15,21H,7-10,12H2,1-3H3/t15-/m0/s1. The van der Waals surface area contributed by atoms with Crippen molar-refractivity contribution in [3.05, 3.63) is 34.9 Å². The van der Waals surface area contributed by atoms with E-state index in [1.54, 1.807) is 17.0 Å². The van der Waals surface area contributed by atoms with Gasteiger partial charge in [-0.1, -0.05) is 23.7 Å². The van der Waals surface area contributed by atoms with Gasteiger partial charge in [0, 0.05) is 37.7 Å². The summed E-state index contributed by atoms with van der Waals surface area (Å²) < 4.78 is 5.38. The average Bonchev–Trinajstić information content (AvgIpc) is 2.46. The predicted molar refractivity (Wildman–Crippen MR) is 90.7 cm³/mol. The molecule has 5 nitrogen and oxygen atoms in total. The molecule has 23 heavy (non-hydrogen) atoms. The third-order valence-electron chi connectivity index (χ3n) is 3.69. The molecule has 1 fully saturated rings. The maximum absolute atomic E-state index is 12.0. The lowest BCUT2D eigenvalue weighted by Crippen LogP contribution is -2.50. The van der Waals surface area contributed by atoms with Crippen LogP contribution in [0.2, 0.25) is 5.02 Å². The van der Waals surface area contributed by atoms with E-state index in [9.17, 15) is 9.90 Å². The van der Waals surface area contributed by atoms with Gasteiger partial charge in [-0.2, -0.15) is 0 Å². The molecule has 1 aromatic carbocycles. The zero-order valence-electron chi connectivity index (χ0n) is 14.0. The van der Waals surface area contributed by atoms with E-state index in [0.717, 1.165) is 18.7 Å². The summed E-state index contributed by atoms with van der Waals surface area (Å²) in [5, 5.41) is 10.9. The zero-order chi connectivity index (χ0) is 17.0. The van der Waals surface area contributed by atoms with E-state index in [4.69, 9.17) is 16.3 Å². The van der Waals surface area contributed by atoms with Crippen LogP contribution in [0.3, 0.4) is 0 Å². The second-order valence-electron chi connectivity index (χ2n) is 6.84. The Labute approximate surface area is 142 Å². The number of aliphatic hydroxyl groups is 1. The van der Waals surface area contributed by atoms with E-state index in [0.29, 0.717) is 24.7 Å². The van der Waals surface area contributed by atoms with Crippen molar-refractivity contribution < 1.29 is 14.6 Å². The number of carbonyl (C=O) groups excluding carboxylic acids is 1. The lowest BCUT2D eigenvalue weighted by Gasteiger charge is -2.36. The molecule has 0 aliphatic carbocycles. The lowest BCUT2D eigenvalue weighted by molar-refractivity contribution is 0.0101. The molecule has 0 spiro atoms. The number of carbonyl (C=O) groups is 1. The van der Waals surface area contributed by atoms with Gasteiger partial charge >= 0.3 is 6.09 Å². The predicted octanol–water partition coefficient (Wildman–Crippen LogP) is 2.93. The molecular formula is C17H25ClN2O3. The molecule has 0 bridgehead atoms. The third kappa shape index (κ3) is 5.68. The summed E-state index contributed by atoms with van der Waals surface area (Å²) >= 11 is 5.96. The van der Waals surface area contributed by atoms with E-state index >= 15 is 0 Å². The first kappa shape index (κ1) is 18.0. The van der Waals surface area contributed by atoms with E-state index in [-0.39, 0.29) is 6.09 Å². The van der Waals surface area contributed by atoms with E-state index in [1.807, 2.05) is 32.9 Å². The van der Waals surface area contributed by atoms with Crippen LogP contribution < -0.4 is 0 Å². The number of hydrogen-bond acceptors (Lipinski definition) is 4. The lowest BCUT2D eigenvalue weighted by atomic mass is 10.1. The maximum Gasteiger partial charge on any atom is 0.410 e. The Kier molecular flexibility index (Phi) is 5.89. The first-order chi connectivity index (χ1) is 10.7. The fourth-order valence-electron chi connectivity index (χ4n) is 2.50. The van der Waals surface area contributed by atoms with Crippen molar-refractivity contribution in [3.63, 3.8) is 0 Å². The number of aliphatic hydroxyl groups excluding tert-OH is 1. The second kappa shape index (κ2) is 7.51. The molecule has 0 radical (unpaired) electrons. The molecule has 0 unspecified atom stereocenters. The highest BCUT2D eigenvalue weighted by Gasteiger charge is 2.26. The van der Waals surface area contributed by atoms with Crippen LogP contribution >= 0.6 is 11.6 Å². The molecule has 6 heteroatoms. The minimum Gasteiger partial charge on any atom is -0.444 e. The highest BCUT2D eigenvalue weighted by molar-refractivity contribution is 6.30. The van der Waals surface area contributed by atoms with Gasteiger partial charge in [0.1, 0.15) is 5.60 Å². The van der Waals surface area contributed by atoms with E-state index in [1.165, 1.54) is 0 Å². The Hall–Kier alpha value is -1.30. The fraction of sp³-hybridized carbons (Fsp3) is 0.588. The van der Waals surface area contributed by atoms with Crippen molar-refractivity contribution in [1.82, 2.24) is 9.80 Å². The topological polar surface area (TPSA) is 53.0 Å². The molecule has 1 amide bonds. The number of amides is 1. The summed E-state index contributed by atoms with van der Waals surface area (Å²) in [6.07, 6.45) is -0.852. The molecule has 1 N–H and O–H groups in total. The maximum atomic E-state index is 12.0. The van der Waals surface area contributed by atoms with Crippen molar-refractivity contribution in [2.45, 2.75) is 32.5 Å². The van der Waals surface area contributed by atoms with Gasteiger partial charge in [0.25, 0.3) is 0 Å². The van der Waals surface area contributed by atoms with Crippen molar-refractivity contribution in [2.24, 2.45) is 0 Å². The molecular weight excluding hydrogens is 316 g/mol. The first-order valence-corrected chi connectivity index (χ1v) is 8.26. The molecule has 1 aromatic rings. The van der Waals surface area contributed by atoms with Crippen LogP contribution in [-0.2, 0) is 4.74 Å². The summed E-state index contributed by atoms with van der Waals surface area (Å²) in [6, 6.07) is 7.27. The molecule has 128 valence electrons. The van der Waals surface area contributed by atoms with Gasteiger partial charge < -0.3 is 14.7 Å². The normalized spacial score (nSPS) is 17.9. The van der Waals surface area contributed by atoms with Gasteiger partial charge in [0.05, 0.1) is 6.10 Å². The molecule has 1 saturated heterocycles. The van der Waals surface area contributed by atoms with Crippen LogP contribution in [0.25, 0.3) is 0 Å². The largest absolute Gasteiger partial charge is 0.444 e. The van der Waals surface area contributed by atoms with E-state index < -0.39 is 11.7 Å². The van der Waals surface area contributed by atoms with Gasteiger partial charge in [-0.3, -0.25) is 4.90 Å². The molecule has 1 heterocycles. The summed E-state index contributed by atoms with van der Waals surface area (Å²) in [7, 11) is 0. The second-order valence-corrected chi connectivity index (χ2v) is 7.28. The number of piperazine rings is 1. The van der Waals surface area contributed by atoms with Crippen LogP contribution in [0.1, 0.15) is 32.4 Å². The molecule has 1 aliphatic rings. The number of nitrogens with zero attached hydrogens (tertiary/aromatic N) is 2. The van der Waals surface area contributed by atoms with Crippen molar-refractivity contribution in [2.75, 3.05) is 32.7 Å². The number of benzene rings is 1. The minimum absolute atomic E-state index is 0.271. The molecule has 2 rings (SSSR count). The highest BCUT2D eigenvalue weighted by atomic mass is 35.5. The van der Waals surface area contributed by atoms with Gasteiger partial charge in [-0.15, -0.1) is 0 Å². The van der Waals surface area contributed by atoms with Gasteiger partial charge in [-0.05, 0) is 38.5 Å². The van der Waals surface area contributed by atoms with Crippen molar-refractivity contribution in [1.29, 1.82) is 0 Å². The summed E-state index contributed by atoms with van der Waals surface area (Å²) in [5.74, 6) is 0. The van der Waals surface area contributed by atoms with Gasteiger partial charge in [0.15, 0.2) is 0 Å². The average molecular weight is 341 g/mol. The van der Waals surface area contributed by atoms with Crippen LogP contribution in [-0.4, -0.2) is 59.3 Å². The van der Waals surface area contributed by atoms with Crippen molar-refractivity contribution >= 4 is 17.7 Å². The molecule has 1 atom stereocenters. The summed E-state index contributed by atoms with van der Waals surface area (Å²) in [6.45, 7) is 8.78. The minimum atomic E-state index is -0.582. The zero-order valence-corrected chi connectivity index (χ0v) is 14.7. The Bertz CT molecular complexity index is 537. The van der Waals surface area contributed by atoms with Crippen LogP contribution in [0.4, 0.5) is 4.79 Å². The Morgan fingerprint density at radius 1 is 1.30 bits per heavy atom. The van der Waals surface area contributed by atoms with Crippen molar-refractivity contribution in [3.8, 4) is 0 Å². The van der Waals surface area contributed by atoms with Gasteiger partial charge in [0.2, 0.25) is 0 Å². The smallest absolute Gasteiger partial charge is 0.410 e. The number of rotatable bonds is 3. The number of β-amino-alcohol motifs (C(OH)–C–C–N with tert-alkyl or cyclic N) is 1. The molecule has 0 saturated carbocycles. The first-order valence-electron chi connectivity index (χ1n) is 7.88. The van der Waals surface area contributed by atoms with Crippen LogP contribution in [0.5, 0.6) is 0 Å². The number of hydrogen-bond donors (Lipinski definition) is 1. The molecule has 0 aromatic heterocycles. The Morgan fingerprint density at radius 2 is 1.96 bits per heavy atom. The molecule has 1 aliphatic heterocycles.